The maximum Gasteiger partial charge on any atom is 0.116 e. The van der Waals surface area contributed by atoms with Gasteiger partial charge >= 0.3 is 0 Å². The number of benzene rings is 4. The summed E-state index contributed by atoms with van der Waals surface area (Å²) in [4.78, 5) is 0. The van der Waals surface area contributed by atoms with E-state index in [-0.39, 0.29) is 5.75 Å². The van der Waals surface area contributed by atoms with Gasteiger partial charge in [0.2, 0.25) is 0 Å². The summed E-state index contributed by atoms with van der Waals surface area (Å²) in [5.41, 5.74) is 1.16. The van der Waals surface area contributed by atoms with Gasteiger partial charge in [-0.3, -0.25) is 0 Å². The molecule has 4 aromatic rings. The van der Waals surface area contributed by atoms with Crippen molar-refractivity contribution in [1.82, 2.24) is 0 Å². The number of aromatic hydroxyl groups is 2. The summed E-state index contributed by atoms with van der Waals surface area (Å²) >= 11 is 0. The van der Waals surface area contributed by atoms with Gasteiger partial charge in [-0.1, -0.05) is 37.3 Å². The molecule has 4 rings (SSSR count). The topological polar surface area (TPSA) is 40.5 Å². The number of hydrogen-bond donors (Lipinski definition) is 2. The number of rotatable bonds is 1. The first-order valence-electron chi connectivity index (χ1n) is 7.47. The lowest BCUT2D eigenvalue weighted by atomic mass is 9.94. The van der Waals surface area contributed by atoms with E-state index in [1.165, 1.54) is 5.39 Å². The van der Waals surface area contributed by atoms with Crippen LogP contribution in [0.3, 0.4) is 0 Å². The first-order chi connectivity index (χ1) is 10.7. The minimum atomic E-state index is 0.276. The highest BCUT2D eigenvalue weighted by Crippen LogP contribution is 2.35. The Hall–Kier alpha value is -2.74. The Bertz CT molecular complexity index is 1030. The molecule has 4 aromatic carbocycles. The highest BCUT2D eigenvalue weighted by Gasteiger charge is 2.08. The standard InChI is InChI=1S/C20H16O2/c1-2-12-9-15(22)11-20-16(12)7-8-18-17-6-4-14(21)10-13(17)3-5-19(18)20/h3-11,21-22H,2H2,1H3. The van der Waals surface area contributed by atoms with E-state index in [9.17, 15) is 10.2 Å². The van der Waals surface area contributed by atoms with E-state index >= 15 is 0 Å². The minimum Gasteiger partial charge on any atom is -0.508 e. The van der Waals surface area contributed by atoms with Gasteiger partial charge in [0, 0.05) is 0 Å². The highest BCUT2D eigenvalue weighted by atomic mass is 16.3. The van der Waals surface area contributed by atoms with Crippen LogP contribution in [0.2, 0.25) is 0 Å². The van der Waals surface area contributed by atoms with Crippen LogP contribution in [0.15, 0.2) is 54.6 Å². The molecule has 0 saturated heterocycles. The zero-order valence-corrected chi connectivity index (χ0v) is 12.3. The fourth-order valence-corrected chi connectivity index (χ4v) is 3.33. The zero-order chi connectivity index (χ0) is 15.3. The van der Waals surface area contributed by atoms with Crippen molar-refractivity contribution < 1.29 is 10.2 Å². The van der Waals surface area contributed by atoms with Crippen LogP contribution in [0.4, 0.5) is 0 Å². The van der Waals surface area contributed by atoms with Gasteiger partial charge in [-0.25, -0.2) is 0 Å². The van der Waals surface area contributed by atoms with Crippen LogP contribution in [0.1, 0.15) is 12.5 Å². The Morgan fingerprint density at radius 2 is 1.32 bits per heavy atom. The van der Waals surface area contributed by atoms with E-state index < -0.39 is 0 Å². The van der Waals surface area contributed by atoms with E-state index in [0.29, 0.717) is 5.75 Å². The van der Waals surface area contributed by atoms with Crippen molar-refractivity contribution in [2.75, 3.05) is 0 Å². The lowest BCUT2D eigenvalue weighted by Crippen LogP contribution is -1.86. The maximum absolute atomic E-state index is 10.0. The van der Waals surface area contributed by atoms with Crippen molar-refractivity contribution in [3.63, 3.8) is 0 Å². The third kappa shape index (κ3) is 1.81. The van der Waals surface area contributed by atoms with Gasteiger partial charge in [-0.2, -0.15) is 0 Å². The first kappa shape index (κ1) is 13.0. The fourth-order valence-electron chi connectivity index (χ4n) is 3.33. The largest absolute Gasteiger partial charge is 0.508 e. The summed E-state index contributed by atoms with van der Waals surface area (Å²) in [6, 6.07) is 17.5. The summed E-state index contributed by atoms with van der Waals surface area (Å²) in [6.07, 6.45) is 0.887. The van der Waals surface area contributed by atoms with Gasteiger partial charge in [-0.05, 0) is 68.6 Å². The molecule has 2 N–H and O–H groups in total. The molecular formula is C20H16O2. The minimum absolute atomic E-state index is 0.276. The third-order valence-electron chi connectivity index (χ3n) is 4.38. The normalized spacial score (nSPS) is 11.5. The van der Waals surface area contributed by atoms with Gasteiger partial charge in [0.15, 0.2) is 0 Å². The number of fused-ring (bicyclic) bond motifs is 5. The number of phenolic OH excluding ortho intramolecular Hbond substituents is 2. The van der Waals surface area contributed by atoms with Crippen molar-refractivity contribution >= 4 is 32.3 Å². The Kier molecular flexibility index (Phi) is 2.73. The van der Waals surface area contributed by atoms with Crippen LogP contribution in [0, 0.1) is 0 Å². The fraction of sp³-hybridized carbons (Fsp3) is 0.100. The second-order valence-corrected chi connectivity index (χ2v) is 5.69. The van der Waals surface area contributed by atoms with Crippen LogP contribution in [-0.2, 0) is 6.42 Å². The first-order valence-corrected chi connectivity index (χ1v) is 7.47. The molecule has 0 atom stereocenters. The van der Waals surface area contributed by atoms with Gasteiger partial charge < -0.3 is 10.2 Å². The molecule has 0 saturated carbocycles. The summed E-state index contributed by atoms with van der Waals surface area (Å²) in [7, 11) is 0. The van der Waals surface area contributed by atoms with Crippen LogP contribution >= 0.6 is 0 Å². The maximum atomic E-state index is 10.0. The van der Waals surface area contributed by atoms with E-state index in [1.807, 2.05) is 24.3 Å². The SMILES string of the molecule is CCc1cc(O)cc2c1ccc1c3ccc(O)cc3ccc21. The van der Waals surface area contributed by atoms with Crippen LogP contribution in [-0.4, -0.2) is 10.2 Å². The van der Waals surface area contributed by atoms with Crippen LogP contribution < -0.4 is 0 Å². The Morgan fingerprint density at radius 3 is 2.14 bits per heavy atom. The van der Waals surface area contributed by atoms with E-state index in [0.717, 1.165) is 38.9 Å². The molecule has 2 nitrogen and oxygen atoms in total. The summed E-state index contributed by atoms with van der Waals surface area (Å²) < 4.78 is 0. The number of aryl methyl sites for hydroxylation is 1. The Morgan fingerprint density at radius 1 is 0.636 bits per heavy atom. The molecule has 108 valence electrons. The molecule has 0 fully saturated rings. The van der Waals surface area contributed by atoms with Crippen molar-refractivity contribution in [3.05, 3.63) is 60.2 Å². The second-order valence-electron chi connectivity index (χ2n) is 5.69. The molecule has 0 radical (unpaired) electrons. The zero-order valence-electron chi connectivity index (χ0n) is 12.3. The van der Waals surface area contributed by atoms with E-state index in [4.69, 9.17) is 0 Å². The number of hydrogen-bond acceptors (Lipinski definition) is 2. The monoisotopic (exact) mass is 288 g/mol. The average molecular weight is 288 g/mol. The molecule has 0 spiro atoms. The molecule has 0 heterocycles. The molecule has 0 bridgehead atoms. The van der Waals surface area contributed by atoms with Crippen molar-refractivity contribution in [2.24, 2.45) is 0 Å². The predicted molar refractivity (Wildman–Crippen MR) is 91.7 cm³/mol. The average Bonchev–Trinajstić information content (AvgIpc) is 2.53. The Balaban J connectivity index is 2.21. The highest BCUT2D eigenvalue weighted by molar-refractivity contribution is 6.18. The summed E-state index contributed by atoms with van der Waals surface area (Å²) in [5.74, 6) is 0.584. The Labute approximate surface area is 128 Å². The number of phenols is 2. The molecule has 0 amide bonds. The van der Waals surface area contributed by atoms with E-state index in [1.54, 1.807) is 12.1 Å². The quantitative estimate of drug-likeness (QED) is 0.477. The lowest BCUT2D eigenvalue weighted by molar-refractivity contribution is 0.475. The smallest absolute Gasteiger partial charge is 0.116 e. The van der Waals surface area contributed by atoms with Crippen molar-refractivity contribution in [1.29, 1.82) is 0 Å². The molecule has 0 aromatic heterocycles. The summed E-state index contributed by atoms with van der Waals surface area (Å²) in [5, 5.41) is 26.3. The van der Waals surface area contributed by atoms with Crippen molar-refractivity contribution in [2.45, 2.75) is 13.3 Å². The molecule has 2 heteroatoms. The molecule has 22 heavy (non-hydrogen) atoms. The lowest BCUT2D eigenvalue weighted by Gasteiger charge is -2.11. The van der Waals surface area contributed by atoms with Crippen molar-refractivity contribution in [3.8, 4) is 11.5 Å². The molecule has 0 aliphatic rings. The van der Waals surface area contributed by atoms with E-state index in [2.05, 4.69) is 25.1 Å². The molecule has 0 unspecified atom stereocenters. The summed E-state index contributed by atoms with van der Waals surface area (Å²) in [6.45, 7) is 2.10. The second kappa shape index (κ2) is 4.63. The van der Waals surface area contributed by atoms with Gasteiger partial charge in [0.05, 0.1) is 0 Å². The molecule has 0 aliphatic carbocycles. The van der Waals surface area contributed by atoms with Gasteiger partial charge in [0.1, 0.15) is 11.5 Å². The van der Waals surface area contributed by atoms with Crippen LogP contribution in [0.5, 0.6) is 11.5 Å². The predicted octanol–water partition coefficient (Wildman–Crippen LogP) is 5.12. The molecular weight excluding hydrogens is 272 g/mol. The van der Waals surface area contributed by atoms with Crippen LogP contribution in [0.25, 0.3) is 32.3 Å². The van der Waals surface area contributed by atoms with Gasteiger partial charge in [-0.15, -0.1) is 0 Å². The third-order valence-corrected chi connectivity index (χ3v) is 4.38. The van der Waals surface area contributed by atoms with Gasteiger partial charge in [0.25, 0.3) is 0 Å². The molecule has 0 aliphatic heterocycles.